The third-order valence-electron chi connectivity index (χ3n) is 4.10. The Kier molecular flexibility index (Phi) is 5.35. The van der Waals surface area contributed by atoms with Gasteiger partial charge in [0.05, 0.1) is 11.7 Å². The molecule has 1 amide bonds. The second-order valence-electron chi connectivity index (χ2n) is 6.87. The molecule has 0 spiro atoms. The Morgan fingerprint density at radius 1 is 1.47 bits per heavy atom. The van der Waals surface area contributed by atoms with Crippen LogP contribution in [0.2, 0.25) is 0 Å². The maximum absolute atomic E-state index is 12.7. The minimum Gasteiger partial charge on any atom is -0.324 e. The van der Waals surface area contributed by atoms with E-state index in [4.69, 9.17) is 0 Å². The van der Waals surface area contributed by atoms with E-state index in [1.807, 2.05) is 18.7 Å². The van der Waals surface area contributed by atoms with E-state index in [0.717, 1.165) is 19.4 Å². The molecule has 0 aromatic carbocycles. The molecule has 19 heavy (non-hydrogen) atoms. The molecule has 0 aliphatic carbocycles. The minimum absolute atomic E-state index is 0.103. The molecule has 1 rings (SSSR count). The monoisotopic (exact) mass is 286 g/mol. The van der Waals surface area contributed by atoms with Gasteiger partial charge in [0.1, 0.15) is 0 Å². The SMILES string of the molecule is CCC1(C)NC(CC(C)C)N(CC(C)(C)SC)C1=O. The van der Waals surface area contributed by atoms with Gasteiger partial charge in [-0.15, -0.1) is 0 Å². The predicted octanol–water partition coefficient (Wildman–Crippen LogP) is 3.10. The van der Waals surface area contributed by atoms with Crippen LogP contribution in [0, 0.1) is 5.92 Å². The van der Waals surface area contributed by atoms with Crippen molar-refractivity contribution >= 4 is 17.7 Å². The first-order valence-corrected chi connectivity index (χ1v) is 8.51. The number of hydrogen-bond acceptors (Lipinski definition) is 3. The van der Waals surface area contributed by atoms with Crippen molar-refractivity contribution in [2.75, 3.05) is 12.8 Å². The van der Waals surface area contributed by atoms with Gasteiger partial charge >= 0.3 is 0 Å². The van der Waals surface area contributed by atoms with Crippen LogP contribution in [0.1, 0.15) is 54.4 Å². The largest absolute Gasteiger partial charge is 0.324 e. The second kappa shape index (κ2) is 6.04. The van der Waals surface area contributed by atoms with Crippen LogP contribution in [0.3, 0.4) is 0 Å². The lowest BCUT2D eigenvalue weighted by Gasteiger charge is -2.33. The van der Waals surface area contributed by atoms with Crippen molar-refractivity contribution in [3.63, 3.8) is 0 Å². The Morgan fingerprint density at radius 2 is 2.05 bits per heavy atom. The molecule has 0 aromatic rings. The van der Waals surface area contributed by atoms with Crippen molar-refractivity contribution in [1.82, 2.24) is 10.2 Å². The summed E-state index contributed by atoms with van der Waals surface area (Å²) in [6.45, 7) is 13.8. The van der Waals surface area contributed by atoms with E-state index in [1.165, 1.54) is 0 Å². The molecular formula is C15H30N2OS. The quantitative estimate of drug-likeness (QED) is 0.814. The van der Waals surface area contributed by atoms with Gasteiger partial charge in [-0.2, -0.15) is 11.8 Å². The van der Waals surface area contributed by atoms with Crippen molar-refractivity contribution in [3.8, 4) is 0 Å². The van der Waals surface area contributed by atoms with Gasteiger partial charge in [-0.1, -0.05) is 20.8 Å². The van der Waals surface area contributed by atoms with Crippen molar-refractivity contribution < 1.29 is 4.79 Å². The Morgan fingerprint density at radius 3 is 2.47 bits per heavy atom. The van der Waals surface area contributed by atoms with Gasteiger partial charge in [-0.05, 0) is 45.8 Å². The van der Waals surface area contributed by atoms with Crippen molar-refractivity contribution in [2.24, 2.45) is 5.92 Å². The molecule has 1 saturated heterocycles. The van der Waals surface area contributed by atoms with Crippen molar-refractivity contribution in [2.45, 2.75) is 70.8 Å². The summed E-state index contributed by atoms with van der Waals surface area (Å²) in [6, 6.07) is 0. The first-order valence-electron chi connectivity index (χ1n) is 7.29. The van der Waals surface area contributed by atoms with Crippen LogP contribution >= 0.6 is 11.8 Å². The van der Waals surface area contributed by atoms with Crippen LogP contribution in [0.15, 0.2) is 0 Å². The van der Waals surface area contributed by atoms with Crippen LogP contribution in [0.5, 0.6) is 0 Å². The van der Waals surface area contributed by atoms with Crippen molar-refractivity contribution in [1.29, 1.82) is 0 Å². The summed E-state index contributed by atoms with van der Waals surface area (Å²) in [5, 5.41) is 3.56. The molecule has 0 radical (unpaired) electrons. The molecule has 1 aliphatic rings. The lowest BCUT2D eigenvalue weighted by molar-refractivity contribution is -0.133. The standard InChI is InChI=1S/C15H30N2OS/c1-8-15(6)13(18)17(10-14(4,5)19-7)12(16-15)9-11(2)3/h11-12,16H,8-10H2,1-7H3. The minimum atomic E-state index is -0.381. The lowest BCUT2D eigenvalue weighted by atomic mass is 9.99. The summed E-state index contributed by atoms with van der Waals surface area (Å²) < 4.78 is 0.103. The molecule has 0 bridgehead atoms. The zero-order valence-corrected chi connectivity index (χ0v) is 14.4. The van der Waals surface area contributed by atoms with Gasteiger partial charge < -0.3 is 4.90 Å². The number of hydrogen-bond donors (Lipinski definition) is 1. The number of carbonyl (C=O) groups is 1. The van der Waals surface area contributed by atoms with E-state index in [0.29, 0.717) is 5.92 Å². The average molecular weight is 286 g/mol. The predicted molar refractivity (Wildman–Crippen MR) is 84.4 cm³/mol. The molecule has 3 nitrogen and oxygen atoms in total. The summed E-state index contributed by atoms with van der Waals surface area (Å²) in [5.41, 5.74) is -0.381. The van der Waals surface area contributed by atoms with Gasteiger partial charge in [0.25, 0.3) is 0 Å². The van der Waals surface area contributed by atoms with Crippen LogP contribution < -0.4 is 5.32 Å². The first-order chi connectivity index (χ1) is 8.65. The normalized spacial score (nSPS) is 28.5. The van der Waals surface area contributed by atoms with Crippen LogP contribution in [-0.2, 0) is 4.79 Å². The van der Waals surface area contributed by atoms with E-state index >= 15 is 0 Å². The number of thioether (sulfide) groups is 1. The average Bonchev–Trinajstić information content (AvgIpc) is 2.54. The smallest absolute Gasteiger partial charge is 0.243 e. The maximum atomic E-state index is 12.7. The number of rotatable bonds is 6. The maximum Gasteiger partial charge on any atom is 0.243 e. The Labute approximate surface area is 122 Å². The van der Waals surface area contributed by atoms with E-state index in [1.54, 1.807) is 0 Å². The highest BCUT2D eigenvalue weighted by Crippen LogP contribution is 2.31. The zero-order valence-electron chi connectivity index (χ0n) is 13.5. The third kappa shape index (κ3) is 3.88. The molecular weight excluding hydrogens is 256 g/mol. The fourth-order valence-electron chi connectivity index (χ4n) is 2.51. The summed E-state index contributed by atoms with van der Waals surface area (Å²) >= 11 is 1.82. The third-order valence-corrected chi connectivity index (χ3v) is 5.33. The van der Waals surface area contributed by atoms with Crippen molar-refractivity contribution in [3.05, 3.63) is 0 Å². The van der Waals surface area contributed by atoms with Gasteiger partial charge in [0, 0.05) is 11.3 Å². The van der Waals surface area contributed by atoms with Gasteiger partial charge in [0.2, 0.25) is 5.91 Å². The number of nitrogens with one attached hydrogen (secondary N) is 1. The fraction of sp³-hybridized carbons (Fsp3) is 0.933. The Bertz CT molecular complexity index is 330. The molecule has 0 saturated carbocycles. The van der Waals surface area contributed by atoms with Gasteiger partial charge in [-0.3, -0.25) is 10.1 Å². The highest BCUT2D eigenvalue weighted by Gasteiger charge is 2.47. The molecule has 2 unspecified atom stereocenters. The second-order valence-corrected chi connectivity index (χ2v) is 8.39. The Balaban J connectivity index is 2.92. The molecule has 4 heteroatoms. The fourth-order valence-corrected chi connectivity index (χ4v) is 2.78. The summed E-state index contributed by atoms with van der Waals surface area (Å²) in [6.07, 6.45) is 4.16. The molecule has 1 N–H and O–H groups in total. The van der Waals surface area contributed by atoms with E-state index < -0.39 is 0 Å². The lowest BCUT2D eigenvalue weighted by Crippen LogP contribution is -2.45. The highest BCUT2D eigenvalue weighted by molar-refractivity contribution is 7.99. The van der Waals surface area contributed by atoms with Crippen LogP contribution in [0.25, 0.3) is 0 Å². The van der Waals surface area contributed by atoms with E-state index in [2.05, 4.69) is 51.1 Å². The number of amides is 1. The summed E-state index contributed by atoms with van der Waals surface area (Å²) in [5.74, 6) is 0.854. The molecule has 0 aromatic heterocycles. The first kappa shape index (κ1) is 16.8. The Hall–Kier alpha value is -0.220. The molecule has 1 fully saturated rings. The van der Waals surface area contributed by atoms with E-state index in [9.17, 15) is 4.79 Å². The topological polar surface area (TPSA) is 32.3 Å². The molecule has 2 atom stereocenters. The molecule has 1 aliphatic heterocycles. The number of carbonyl (C=O) groups excluding carboxylic acids is 1. The number of nitrogens with zero attached hydrogens (tertiary/aromatic N) is 1. The van der Waals surface area contributed by atoms with Gasteiger partial charge in [-0.25, -0.2) is 0 Å². The van der Waals surface area contributed by atoms with E-state index in [-0.39, 0.29) is 22.4 Å². The van der Waals surface area contributed by atoms with Crippen LogP contribution in [0.4, 0.5) is 0 Å². The van der Waals surface area contributed by atoms with Gasteiger partial charge in [0.15, 0.2) is 0 Å². The molecule has 112 valence electrons. The summed E-state index contributed by atoms with van der Waals surface area (Å²) in [7, 11) is 0. The highest BCUT2D eigenvalue weighted by atomic mass is 32.2. The van der Waals surface area contributed by atoms with Crippen LogP contribution in [-0.4, -0.2) is 40.1 Å². The zero-order chi connectivity index (χ0) is 14.8. The summed E-state index contributed by atoms with van der Waals surface area (Å²) in [4.78, 5) is 14.8. The molecule has 1 heterocycles.